The SMILES string of the molecule is CCOC(=O)c1ccc(NC(CC)CC)cc1. The zero-order chi connectivity index (χ0) is 12.7. The number of benzene rings is 1. The molecule has 0 aliphatic carbocycles. The number of anilines is 1. The van der Waals surface area contributed by atoms with Crippen LogP contribution in [0.15, 0.2) is 24.3 Å². The molecular weight excluding hydrogens is 214 g/mol. The molecule has 0 fully saturated rings. The minimum Gasteiger partial charge on any atom is -0.462 e. The number of nitrogens with one attached hydrogen (secondary N) is 1. The van der Waals surface area contributed by atoms with Crippen LogP contribution < -0.4 is 5.32 Å². The maximum Gasteiger partial charge on any atom is 0.338 e. The van der Waals surface area contributed by atoms with Gasteiger partial charge in [0.1, 0.15) is 0 Å². The molecule has 0 amide bonds. The first-order valence-electron chi connectivity index (χ1n) is 6.24. The molecule has 0 aromatic heterocycles. The Labute approximate surface area is 103 Å². The number of carbonyl (C=O) groups is 1. The van der Waals surface area contributed by atoms with E-state index >= 15 is 0 Å². The highest BCUT2D eigenvalue weighted by atomic mass is 16.5. The molecular formula is C14H21NO2. The molecule has 3 heteroatoms. The summed E-state index contributed by atoms with van der Waals surface area (Å²) in [7, 11) is 0. The van der Waals surface area contributed by atoms with Crippen molar-refractivity contribution in [1.82, 2.24) is 0 Å². The lowest BCUT2D eigenvalue weighted by atomic mass is 10.1. The van der Waals surface area contributed by atoms with Crippen LogP contribution in [0, 0.1) is 0 Å². The minimum atomic E-state index is -0.262. The molecule has 17 heavy (non-hydrogen) atoms. The van der Waals surface area contributed by atoms with E-state index in [1.54, 1.807) is 19.1 Å². The van der Waals surface area contributed by atoms with E-state index in [1.165, 1.54) is 0 Å². The second kappa shape index (κ2) is 6.94. The first kappa shape index (κ1) is 13.6. The van der Waals surface area contributed by atoms with Crippen molar-refractivity contribution in [2.75, 3.05) is 11.9 Å². The third kappa shape index (κ3) is 4.10. The lowest BCUT2D eigenvalue weighted by Crippen LogP contribution is -2.16. The van der Waals surface area contributed by atoms with Gasteiger partial charge in [0, 0.05) is 11.7 Å². The van der Waals surface area contributed by atoms with Crippen LogP contribution in [0.25, 0.3) is 0 Å². The molecule has 0 aliphatic rings. The van der Waals surface area contributed by atoms with E-state index < -0.39 is 0 Å². The lowest BCUT2D eigenvalue weighted by Gasteiger charge is -2.16. The van der Waals surface area contributed by atoms with Crippen LogP contribution in [0.1, 0.15) is 44.0 Å². The Hall–Kier alpha value is -1.51. The van der Waals surface area contributed by atoms with E-state index in [4.69, 9.17) is 4.74 Å². The van der Waals surface area contributed by atoms with Gasteiger partial charge in [0.25, 0.3) is 0 Å². The Morgan fingerprint density at radius 2 is 1.76 bits per heavy atom. The molecule has 0 atom stereocenters. The average Bonchev–Trinajstić information content (AvgIpc) is 2.37. The van der Waals surface area contributed by atoms with E-state index in [9.17, 15) is 4.79 Å². The van der Waals surface area contributed by atoms with Gasteiger partial charge in [-0.15, -0.1) is 0 Å². The molecule has 0 unspecified atom stereocenters. The number of hydrogen-bond acceptors (Lipinski definition) is 3. The van der Waals surface area contributed by atoms with Gasteiger partial charge in [0.2, 0.25) is 0 Å². The van der Waals surface area contributed by atoms with E-state index in [0.29, 0.717) is 18.2 Å². The molecule has 1 aromatic carbocycles. The van der Waals surface area contributed by atoms with Gasteiger partial charge < -0.3 is 10.1 Å². The van der Waals surface area contributed by atoms with Crippen LogP contribution in [0.4, 0.5) is 5.69 Å². The number of rotatable bonds is 6. The van der Waals surface area contributed by atoms with Crippen molar-refractivity contribution in [1.29, 1.82) is 0 Å². The predicted octanol–water partition coefficient (Wildman–Crippen LogP) is 3.46. The monoisotopic (exact) mass is 235 g/mol. The van der Waals surface area contributed by atoms with E-state index in [0.717, 1.165) is 18.5 Å². The Balaban J connectivity index is 2.64. The smallest absolute Gasteiger partial charge is 0.338 e. The fraction of sp³-hybridized carbons (Fsp3) is 0.500. The van der Waals surface area contributed by atoms with Crippen molar-refractivity contribution in [3.63, 3.8) is 0 Å². The zero-order valence-corrected chi connectivity index (χ0v) is 10.8. The summed E-state index contributed by atoms with van der Waals surface area (Å²) in [6.45, 7) is 6.54. The molecule has 3 nitrogen and oxygen atoms in total. The van der Waals surface area contributed by atoms with Gasteiger partial charge in [0.05, 0.1) is 12.2 Å². The fourth-order valence-corrected chi connectivity index (χ4v) is 1.65. The number of esters is 1. The van der Waals surface area contributed by atoms with Crippen LogP contribution in [0.5, 0.6) is 0 Å². The summed E-state index contributed by atoms with van der Waals surface area (Å²) >= 11 is 0. The summed E-state index contributed by atoms with van der Waals surface area (Å²) in [6, 6.07) is 7.92. The fourth-order valence-electron chi connectivity index (χ4n) is 1.65. The van der Waals surface area contributed by atoms with Crippen molar-refractivity contribution in [2.45, 2.75) is 39.7 Å². The highest BCUT2D eigenvalue weighted by Crippen LogP contribution is 2.13. The largest absolute Gasteiger partial charge is 0.462 e. The Morgan fingerprint density at radius 3 is 2.24 bits per heavy atom. The molecule has 0 spiro atoms. The second-order valence-electron chi connectivity index (χ2n) is 3.96. The van der Waals surface area contributed by atoms with Gasteiger partial charge in [-0.1, -0.05) is 13.8 Å². The third-order valence-electron chi connectivity index (χ3n) is 2.75. The first-order chi connectivity index (χ1) is 8.21. The molecule has 0 saturated carbocycles. The topological polar surface area (TPSA) is 38.3 Å². The summed E-state index contributed by atoms with van der Waals surface area (Å²) < 4.78 is 4.93. The van der Waals surface area contributed by atoms with Gasteiger partial charge in [-0.05, 0) is 44.0 Å². The molecule has 1 aromatic rings. The minimum absolute atomic E-state index is 0.262. The Kier molecular flexibility index (Phi) is 5.53. The van der Waals surface area contributed by atoms with Gasteiger partial charge in [-0.25, -0.2) is 4.79 Å². The standard InChI is InChI=1S/C14H21NO2/c1-4-12(5-2)15-13-9-7-11(8-10-13)14(16)17-6-3/h7-10,12,15H,4-6H2,1-3H3. The van der Waals surface area contributed by atoms with Crippen LogP contribution in [-0.4, -0.2) is 18.6 Å². The number of carbonyl (C=O) groups excluding carboxylic acids is 1. The molecule has 1 rings (SSSR count). The van der Waals surface area contributed by atoms with E-state index in [2.05, 4.69) is 19.2 Å². The molecule has 0 bridgehead atoms. The van der Waals surface area contributed by atoms with Crippen molar-refractivity contribution in [3.8, 4) is 0 Å². The molecule has 0 saturated heterocycles. The summed E-state index contributed by atoms with van der Waals surface area (Å²) in [5.74, 6) is -0.262. The van der Waals surface area contributed by atoms with Crippen molar-refractivity contribution < 1.29 is 9.53 Å². The van der Waals surface area contributed by atoms with Gasteiger partial charge in [0.15, 0.2) is 0 Å². The van der Waals surface area contributed by atoms with Gasteiger partial charge in [-0.2, -0.15) is 0 Å². The van der Waals surface area contributed by atoms with Gasteiger partial charge in [-0.3, -0.25) is 0 Å². The van der Waals surface area contributed by atoms with Crippen molar-refractivity contribution in [2.24, 2.45) is 0 Å². The normalized spacial score (nSPS) is 10.4. The van der Waals surface area contributed by atoms with Crippen LogP contribution in [0.2, 0.25) is 0 Å². The summed E-state index contributed by atoms with van der Waals surface area (Å²) in [5.41, 5.74) is 1.65. The highest BCUT2D eigenvalue weighted by molar-refractivity contribution is 5.89. The molecule has 0 radical (unpaired) electrons. The number of ether oxygens (including phenoxy) is 1. The highest BCUT2D eigenvalue weighted by Gasteiger charge is 2.07. The Morgan fingerprint density at radius 1 is 1.18 bits per heavy atom. The van der Waals surface area contributed by atoms with Crippen LogP contribution in [0.3, 0.4) is 0 Å². The quantitative estimate of drug-likeness (QED) is 0.767. The summed E-state index contributed by atoms with van der Waals surface area (Å²) in [6.07, 6.45) is 2.19. The maximum atomic E-state index is 11.4. The van der Waals surface area contributed by atoms with E-state index in [1.807, 2.05) is 12.1 Å². The lowest BCUT2D eigenvalue weighted by molar-refractivity contribution is 0.0526. The molecule has 1 N–H and O–H groups in total. The third-order valence-corrected chi connectivity index (χ3v) is 2.75. The molecule has 94 valence electrons. The molecule has 0 aliphatic heterocycles. The molecule has 0 heterocycles. The van der Waals surface area contributed by atoms with Crippen LogP contribution >= 0.6 is 0 Å². The number of hydrogen-bond donors (Lipinski definition) is 1. The maximum absolute atomic E-state index is 11.4. The van der Waals surface area contributed by atoms with Crippen molar-refractivity contribution in [3.05, 3.63) is 29.8 Å². The first-order valence-corrected chi connectivity index (χ1v) is 6.24. The second-order valence-corrected chi connectivity index (χ2v) is 3.96. The van der Waals surface area contributed by atoms with Crippen molar-refractivity contribution >= 4 is 11.7 Å². The average molecular weight is 235 g/mol. The van der Waals surface area contributed by atoms with Crippen LogP contribution in [-0.2, 0) is 4.74 Å². The van der Waals surface area contributed by atoms with Gasteiger partial charge >= 0.3 is 5.97 Å². The summed E-state index contributed by atoms with van der Waals surface area (Å²) in [4.78, 5) is 11.4. The summed E-state index contributed by atoms with van der Waals surface area (Å²) in [5, 5.41) is 3.42. The zero-order valence-electron chi connectivity index (χ0n) is 10.8. The van der Waals surface area contributed by atoms with E-state index in [-0.39, 0.29) is 5.97 Å². The Bertz CT molecular complexity index is 342. The predicted molar refractivity (Wildman–Crippen MR) is 70.4 cm³/mol.